The number of anilines is 1. The number of carbonyl (C=O) groups excluding carboxylic acids is 1. The van der Waals surface area contributed by atoms with E-state index in [9.17, 15) is 4.79 Å². The van der Waals surface area contributed by atoms with E-state index in [1.165, 1.54) is 0 Å². The molecule has 0 spiro atoms. The molecular formula is C9H7Br2ClN2O. The van der Waals surface area contributed by atoms with E-state index in [0.29, 0.717) is 28.4 Å². The molecule has 80 valence electrons. The zero-order valence-corrected chi connectivity index (χ0v) is 11.5. The largest absolute Gasteiger partial charge is 0.308 e. The van der Waals surface area contributed by atoms with Crippen molar-refractivity contribution in [1.82, 2.24) is 4.98 Å². The van der Waals surface area contributed by atoms with Gasteiger partial charge in [-0.2, -0.15) is 0 Å². The van der Waals surface area contributed by atoms with Gasteiger partial charge in [0.05, 0.1) is 5.69 Å². The fourth-order valence-corrected chi connectivity index (χ4v) is 2.74. The molecule has 1 unspecified atom stereocenters. The van der Waals surface area contributed by atoms with Gasteiger partial charge >= 0.3 is 0 Å². The first-order chi connectivity index (χ1) is 7.08. The number of alkyl halides is 1. The molecule has 2 rings (SSSR count). The number of halogens is 3. The van der Waals surface area contributed by atoms with Crippen molar-refractivity contribution in [1.29, 1.82) is 0 Å². The summed E-state index contributed by atoms with van der Waals surface area (Å²) in [4.78, 5) is 17.5. The lowest BCUT2D eigenvalue weighted by Gasteiger charge is -2.16. The van der Waals surface area contributed by atoms with Crippen molar-refractivity contribution >= 4 is 55.1 Å². The molecule has 0 aromatic carbocycles. The summed E-state index contributed by atoms with van der Waals surface area (Å²) in [5.74, 6) is 0.0721. The van der Waals surface area contributed by atoms with Crippen LogP contribution in [-0.2, 0) is 4.79 Å². The average Bonchev–Trinajstić information content (AvgIpc) is 2.45. The molecule has 0 N–H and O–H groups in total. The standard InChI is InChI=1S/C9H7Br2ClN2O/c10-5-3-8(15)14(4-5)6-1-2-7(11)13-9(6)12/h1-2,5H,3-4H2. The third-order valence-corrected chi connectivity index (χ3v) is 3.50. The molecular weight excluding hydrogens is 347 g/mol. The van der Waals surface area contributed by atoms with Crippen LogP contribution in [0.5, 0.6) is 0 Å². The maximum Gasteiger partial charge on any atom is 0.228 e. The summed E-state index contributed by atoms with van der Waals surface area (Å²) in [6.45, 7) is 0.641. The number of pyridine rings is 1. The van der Waals surface area contributed by atoms with Gasteiger partial charge < -0.3 is 4.90 Å². The third-order valence-electron chi connectivity index (χ3n) is 2.16. The van der Waals surface area contributed by atoms with Crippen molar-refractivity contribution in [3.63, 3.8) is 0 Å². The van der Waals surface area contributed by atoms with Gasteiger partial charge in [0.1, 0.15) is 4.60 Å². The van der Waals surface area contributed by atoms with Crippen molar-refractivity contribution in [2.45, 2.75) is 11.2 Å². The molecule has 0 saturated carbocycles. The Morgan fingerprint density at radius 2 is 2.27 bits per heavy atom. The molecule has 15 heavy (non-hydrogen) atoms. The molecule has 0 bridgehead atoms. The predicted octanol–water partition coefficient (Wildman–Crippen LogP) is 3.00. The van der Waals surface area contributed by atoms with Crippen LogP contribution in [0.1, 0.15) is 6.42 Å². The topological polar surface area (TPSA) is 33.2 Å². The highest BCUT2D eigenvalue weighted by molar-refractivity contribution is 9.10. The van der Waals surface area contributed by atoms with Gasteiger partial charge in [-0.05, 0) is 28.1 Å². The molecule has 1 amide bonds. The first kappa shape index (κ1) is 11.4. The average molecular weight is 354 g/mol. The second-order valence-electron chi connectivity index (χ2n) is 3.25. The second-order valence-corrected chi connectivity index (χ2v) is 5.72. The minimum atomic E-state index is 0.0721. The SMILES string of the molecule is O=C1CC(Br)CN1c1ccc(Br)nc1Cl. The molecule has 1 saturated heterocycles. The molecule has 2 heterocycles. The zero-order chi connectivity index (χ0) is 11.0. The summed E-state index contributed by atoms with van der Waals surface area (Å²) in [6, 6.07) is 3.57. The Balaban J connectivity index is 2.34. The van der Waals surface area contributed by atoms with Crippen LogP contribution in [0.2, 0.25) is 5.15 Å². The quantitative estimate of drug-likeness (QED) is 0.574. The highest BCUT2D eigenvalue weighted by atomic mass is 79.9. The number of aromatic nitrogens is 1. The van der Waals surface area contributed by atoms with Crippen LogP contribution in [0.4, 0.5) is 5.69 Å². The van der Waals surface area contributed by atoms with E-state index < -0.39 is 0 Å². The first-order valence-corrected chi connectivity index (χ1v) is 6.43. The van der Waals surface area contributed by atoms with Gasteiger partial charge in [0.15, 0.2) is 5.15 Å². The summed E-state index contributed by atoms with van der Waals surface area (Å²) in [5.41, 5.74) is 0.673. The van der Waals surface area contributed by atoms with E-state index in [0.717, 1.165) is 0 Å². The highest BCUT2D eigenvalue weighted by Gasteiger charge is 2.30. The van der Waals surface area contributed by atoms with Crippen molar-refractivity contribution in [2.75, 3.05) is 11.4 Å². The molecule has 1 aliphatic heterocycles. The van der Waals surface area contributed by atoms with E-state index in [1.54, 1.807) is 17.0 Å². The number of rotatable bonds is 1. The number of nitrogens with zero attached hydrogens (tertiary/aromatic N) is 2. The van der Waals surface area contributed by atoms with Gasteiger partial charge in [-0.1, -0.05) is 27.5 Å². The summed E-state index contributed by atoms with van der Waals surface area (Å²) >= 11 is 12.6. The van der Waals surface area contributed by atoms with Crippen LogP contribution in [0.3, 0.4) is 0 Å². The Bertz CT molecular complexity index is 413. The second kappa shape index (κ2) is 4.39. The molecule has 6 heteroatoms. The molecule has 1 atom stereocenters. The summed E-state index contributed by atoms with van der Waals surface area (Å²) < 4.78 is 0.665. The van der Waals surface area contributed by atoms with Crippen LogP contribution in [0.15, 0.2) is 16.7 Å². The summed E-state index contributed by atoms with van der Waals surface area (Å²) in [5, 5.41) is 0.347. The monoisotopic (exact) mass is 352 g/mol. The van der Waals surface area contributed by atoms with Gasteiger partial charge in [0.25, 0.3) is 0 Å². The molecule has 0 radical (unpaired) electrons. The fraction of sp³-hybridized carbons (Fsp3) is 0.333. The maximum atomic E-state index is 11.6. The Morgan fingerprint density at radius 1 is 1.53 bits per heavy atom. The summed E-state index contributed by atoms with van der Waals surface area (Å²) in [7, 11) is 0. The summed E-state index contributed by atoms with van der Waals surface area (Å²) in [6.07, 6.45) is 0.506. The van der Waals surface area contributed by atoms with E-state index in [2.05, 4.69) is 36.8 Å². The zero-order valence-electron chi connectivity index (χ0n) is 7.58. The highest BCUT2D eigenvalue weighted by Crippen LogP contribution is 2.30. The van der Waals surface area contributed by atoms with Gasteiger partial charge in [-0.15, -0.1) is 0 Å². The molecule has 1 aliphatic rings. The number of carbonyl (C=O) groups is 1. The number of hydrogen-bond acceptors (Lipinski definition) is 2. The van der Waals surface area contributed by atoms with Gasteiger partial charge in [-0.25, -0.2) is 4.98 Å². The van der Waals surface area contributed by atoms with Crippen molar-refractivity contribution in [3.05, 3.63) is 21.9 Å². The van der Waals surface area contributed by atoms with Crippen LogP contribution in [0.25, 0.3) is 0 Å². The van der Waals surface area contributed by atoms with Crippen LogP contribution < -0.4 is 4.90 Å². The predicted molar refractivity (Wildman–Crippen MR) is 66.6 cm³/mol. The van der Waals surface area contributed by atoms with E-state index >= 15 is 0 Å². The smallest absolute Gasteiger partial charge is 0.228 e. The Kier molecular flexibility index (Phi) is 3.33. The minimum absolute atomic E-state index is 0.0721. The molecule has 1 fully saturated rings. The van der Waals surface area contributed by atoms with Crippen molar-refractivity contribution in [2.24, 2.45) is 0 Å². The first-order valence-electron chi connectivity index (χ1n) is 4.34. The lowest BCUT2D eigenvalue weighted by molar-refractivity contribution is -0.117. The molecule has 3 nitrogen and oxygen atoms in total. The Labute approximate surface area is 109 Å². The maximum absolute atomic E-state index is 11.6. The third kappa shape index (κ3) is 2.34. The minimum Gasteiger partial charge on any atom is -0.308 e. The van der Waals surface area contributed by atoms with E-state index in [4.69, 9.17) is 11.6 Å². The molecule has 0 aliphatic carbocycles. The van der Waals surface area contributed by atoms with Gasteiger partial charge in [0.2, 0.25) is 5.91 Å². The van der Waals surface area contributed by atoms with Crippen molar-refractivity contribution in [3.8, 4) is 0 Å². The Morgan fingerprint density at radius 3 is 2.80 bits per heavy atom. The van der Waals surface area contributed by atoms with Crippen LogP contribution in [-0.4, -0.2) is 22.3 Å². The van der Waals surface area contributed by atoms with Crippen LogP contribution in [0, 0.1) is 0 Å². The molecule has 1 aromatic heterocycles. The lowest BCUT2D eigenvalue weighted by Crippen LogP contribution is -2.25. The normalized spacial score (nSPS) is 21.1. The van der Waals surface area contributed by atoms with Gasteiger partial charge in [-0.3, -0.25) is 4.79 Å². The lowest BCUT2D eigenvalue weighted by atomic mass is 10.4. The fourth-order valence-electron chi connectivity index (χ4n) is 1.50. The Hall–Kier alpha value is -0.130. The van der Waals surface area contributed by atoms with Gasteiger partial charge in [0, 0.05) is 17.8 Å². The van der Waals surface area contributed by atoms with E-state index in [1.807, 2.05) is 0 Å². The molecule has 1 aromatic rings. The van der Waals surface area contributed by atoms with E-state index in [-0.39, 0.29) is 10.7 Å². The number of amides is 1. The van der Waals surface area contributed by atoms with Crippen LogP contribution >= 0.6 is 43.5 Å². The van der Waals surface area contributed by atoms with Crippen molar-refractivity contribution < 1.29 is 4.79 Å². The number of hydrogen-bond donors (Lipinski definition) is 0.